The molecule has 1 amide bonds. The molecule has 0 saturated heterocycles. The number of hydrogen-bond donors (Lipinski definition) is 2. The van der Waals surface area contributed by atoms with Crippen molar-refractivity contribution in [2.75, 3.05) is 18.5 Å². The summed E-state index contributed by atoms with van der Waals surface area (Å²) < 4.78 is 6.76. The summed E-state index contributed by atoms with van der Waals surface area (Å²) in [5, 5.41) is 15.7. The summed E-state index contributed by atoms with van der Waals surface area (Å²) in [7, 11) is 0. The zero-order valence-electron chi connectivity index (χ0n) is 13.6. The summed E-state index contributed by atoms with van der Waals surface area (Å²) in [4.78, 5) is 22.9. The van der Waals surface area contributed by atoms with Gasteiger partial charge < -0.3 is 15.2 Å². The molecule has 1 aromatic carbocycles. The molecule has 1 heterocycles. The van der Waals surface area contributed by atoms with Gasteiger partial charge >= 0.3 is 5.97 Å². The van der Waals surface area contributed by atoms with Crippen molar-refractivity contribution < 1.29 is 19.4 Å². The molecule has 0 spiro atoms. The number of para-hydroxylation sites is 2. The predicted octanol–water partition coefficient (Wildman–Crippen LogP) is 2.72. The Morgan fingerprint density at radius 3 is 2.75 bits per heavy atom. The molecule has 0 aliphatic carbocycles. The van der Waals surface area contributed by atoms with Gasteiger partial charge in [-0.05, 0) is 24.6 Å². The minimum absolute atomic E-state index is 0.0163. The van der Waals surface area contributed by atoms with E-state index in [9.17, 15) is 9.59 Å². The molecule has 0 aliphatic heterocycles. The number of carboxylic acid groups (broad SMARTS) is 1. The maximum Gasteiger partial charge on any atom is 0.356 e. The Morgan fingerprint density at radius 1 is 1.25 bits per heavy atom. The van der Waals surface area contributed by atoms with Crippen LogP contribution in [0.25, 0.3) is 5.69 Å². The molecule has 0 radical (unpaired) electrons. The van der Waals surface area contributed by atoms with Gasteiger partial charge in [-0.2, -0.15) is 5.10 Å². The first-order valence-electron chi connectivity index (χ1n) is 7.87. The average Bonchev–Trinajstić information content (AvgIpc) is 3.05. The topological polar surface area (TPSA) is 93.5 Å². The zero-order valence-corrected chi connectivity index (χ0v) is 13.6. The molecule has 1 aromatic heterocycles. The molecule has 0 fully saturated rings. The van der Waals surface area contributed by atoms with Crippen LogP contribution in [0, 0.1) is 0 Å². The van der Waals surface area contributed by atoms with Crippen LogP contribution >= 0.6 is 0 Å². The number of carbonyl (C=O) groups is 2. The molecule has 7 nitrogen and oxygen atoms in total. The molecule has 2 N–H and O–H groups in total. The standard InChI is InChI=1S/C17H21N3O4/c1-2-3-6-11-24-12-16(21)18-13-7-4-5-8-15(13)20-10-9-14(19-20)17(22)23/h4-5,7-10H,2-3,6,11-12H2,1H3,(H,18,21)(H,22,23). The van der Waals surface area contributed by atoms with Crippen molar-refractivity contribution >= 4 is 17.6 Å². The smallest absolute Gasteiger partial charge is 0.356 e. The number of aromatic nitrogens is 2. The quantitative estimate of drug-likeness (QED) is 0.689. The number of nitrogens with one attached hydrogen (secondary N) is 1. The summed E-state index contributed by atoms with van der Waals surface area (Å²) in [5.41, 5.74) is 1.07. The van der Waals surface area contributed by atoms with Crippen LogP contribution in [0.4, 0.5) is 5.69 Å². The Labute approximate surface area is 140 Å². The van der Waals surface area contributed by atoms with Crippen molar-refractivity contribution in [2.24, 2.45) is 0 Å². The van der Waals surface area contributed by atoms with Gasteiger partial charge in [0.05, 0.1) is 11.4 Å². The molecule has 24 heavy (non-hydrogen) atoms. The van der Waals surface area contributed by atoms with Crippen molar-refractivity contribution in [1.29, 1.82) is 0 Å². The van der Waals surface area contributed by atoms with Gasteiger partial charge in [0.15, 0.2) is 5.69 Å². The van der Waals surface area contributed by atoms with Crippen LogP contribution in [-0.4, -0.2) is 40.0 Å². The molecule has 2 aromatic rings. The average molecular weight is 331 g/mol. The number of hydrogen-bond acceptors (Lipinski definition) is 4. The van der Waals surface area contributed by atoms with E-state index in [1.165, 1.54) is 16.9 Å². The van der Waals surface area contributed by atoms with Crippen LogP contribution in [0.3, 0.4) is 0 Å². The fourth-order valence-corrected chi connectivity index (χ4v) is 2.16. The number of benzene rings is 1. The number of rotatable bonds is 9. The summed E-state index contributed by atoms with van der Waals surface area (Å²) >= 11 is 0. The van der Waals surface area contributed by atoms with E-state index in [2.05, 4.69) is 17.3 Å². The van der Waals surface area contributed by atoms with Gasteiger partial charge in [0.25, 0.3) is 0 Å². The minimum Gasteiger partial charge on any atom is -0.476 e. The molecule has 7 heteroatoms. The number of unbranched alkanes of at least 4 members (excludes halogenated alkanes) is 2. The number of aromatic carboxylic acids is 1. The largest absolute Gasteiger partial charge is 0.476 e. The molecule has 0 atom stereocenters. The Kier molecular flexibility index (Phi) is 6.51. The highest BCUT2D eigenvalue weighted by Crippen LogP contribution is 2.19. The molecule has 0 saturated carbocycles. The number of carboxylic acids is 1. The highest BCUT2D eigenvalue weighted by Gasteiger charge is 2.12. The van der Waals surface area contributed by atoms with E-state index in [0.29, 0.717) is 18.0 Å². The van der Waals surface area contributed by atoms with E-state index in [0.717, 1.165) is 19.3 Å². The van der Waals surface area contributed by atoms with Crippen LogP contribution in [0.1, 0.15) is 36.7 Å². The van der Waals surface area contributed by atoms with Crippen LogP contribution in [-0.2, 0) is 9.53 Å². The Hall–Kier alpha value is -2.67. The molecule has 0 aliphatic rings. The van der Waals surface area contributed by atoms with Crippen LogP contribution < -0.4 is 5.32 Å². The van der Waals surface area contributed by atoms with Crippen molar-refractivity contribution in [1.82, 2.24) is 9.78 Å². The number of amides is 1. The van der Waals surface area contributed by atoms with Crippen molar-refractivity contribution in [3.63, 3.8) is 0 Å². The summed E-state index contributed by atoms with van der Waals surface area (Å²) in [6.07, 6.45) is 4.65. The molecular weight excluding hydrogens is 310 g/mol. The summed E-state index contributed by atoms with van der Waals surface area (Å²) in [6.45, 7) is 2.65. The molecule has 128 valence electrons. The van der Waals surface area contributed by atoms with Crippen molar-refractivity contribution in [3.05, 3.63) is 42.2 Å². The van der Waals surface area contributed by atoms with Crippen LogP contribution in [0.5, 0.6) is 0 Å². The fraction of sp³-hybridized carbons (Fsp3) is 0.353. The number of ether oxygens (including phenoxy) is 1. The van der Waals surface area contributed by atoms with Gasteiger partial charge in [-0.3, -0.25) is 4.79 Å². The Bertz CT molecular complexity index is 697. The van der Waals surface area contributed by atoms with E-state index < -0.39 is 5.97 Å². The molecular formula is C17H21N3O4. The minimum atomic E-state index is -1.10. The molecule has 2 rings (SSSR count). The monoisotopic (exact) mass is 331 g/mol. The van der Waals surface area contributed by atoms with Crippen LogP contribution in [0.15, 0.2) is 36.5 Å². The van der Waals surface area contributed by atoms with Crippen LogP contribution in [0.2, 0.25) is 0 Å². The maximum absolute atomic E-state index is 12.0. The first-order chi connectivity index (χ1) is 11.6. The lowest BCUT2D eigenvalue weighted by Gasteiger charge is -2.11. The second-order valence-corrected chi connectivity index (χ2v) is 5.28. The van der Waals surface area contributed by atoms with Crippen molar-refractivity contribution in [2.45, 2.75) is 26.2 Å². The van der Waals surface area contributed by atoms with Gasteiger partial charge in [0.1, 0.15) is 6.61 Å². The van der Waals surface area contributed by atoms with Gasteiger partial charge in [-0.1, -0.05) is 31.9 Å². The number of nitrogens with zero attached hydrogens (tertiary/aromatic N) is 2. The molecule has 0 bridgehead atoms. The first-order valence-corrected chi connectivity index (χ1v) is 7.87. The van der Waals surface area contributed by atoms with E-state index in [-0.39, 0.29) is 18.2 Å². The third-order valence-corrected chi connectivity index (χ3v) is 3.36. The Morgan fingerprint density at radius 2 is 2.04 bits per heavy atom. The van der Waals surface area contributed by atoms with Gasteiger partial charge in [0.2, 0.25) is 5.91 Å². The first kappa shape index (κ1) is 17.7. The third kappa shape index (κ3) is 4.92. The number of anilines is 1. The number of carbonyl (C=O) groups excluding carboxylic acids is 1. The second kappa shape index (κ2) is 8.83. The fourth-order valence-electron chi connectivity index (χ4n) is 2.16. The predicted molar refractivity (Wildman–Crippen MR) is 89.5 cm³/mol. The van der Waals surface area contributed by atoms with Gasteiger partial charge in [0, 0.05) is 12.8 Å². The Balaban J connectivity index is 2.00. The summed E-state index contributed by atoms with van der Waals surface area (Å²) in [5.74, 6) is -1.36. The van der Waals surface area contributed by atoms with E-state index >= 15 is 0 Å². The lowest BCUT2D eigenvalue weighted by atomic mass is 10.2. The second-order valence-electron chi connectivity index (χ2n) is 5.28. The highest BCUT2D eigenvalue weighted by molar-refractivity contribution is 5.93. The normalized spacial score (nSPS) is 10.5. The SMILES string of the molecule is CCCCCOCC(=O)Nc1ccccc1-n1ccc(C(=O)O)n1. The zero-order chi connectivity index (χ0) is 17.4. The van der Waals surface area contributed by atoms with Crippen molar-refractivity contribution in [3.8, 4) is 5.69 Å². The molecule has 0 unspecified atom stereocenters. The highest BCUT2D eigenvalue weighted by atomic mass is 16.5. The lowest BCUT2D eigenvalue weighted by Crippen LogP contribution is -2.19. The summed E-state index contributed by atoms with van der Waals surface area (Å²) in [6, 6.07) is 8.44. The third-order valence-electron chi connectivity index (χ3n) is 3.36. The maximum atomic E-state index is 12.0. The van der Waals surface area contributed by atoms with Gasteiger partial charge in [-0.25, -0.2) is 9.48 Å². The van der Waals surface area contributed by atoms with E-state index in [4.69, 9.17) is 9.84 Å². The van der Waals surface area contributed by atoms with E-state index in [1.807, 2.05) is 0 Å². The lowest BCUT2D eigenvalue weighted by molar-refractivity contribution is -0.120. The van der Waals surface area contributed by atoms with E-state index in [1.54, 1.807) is 24.3 Å². The van der Waals surface area contributed by atoms with Gasteiger partial charge in [-0.15, -0.1) is 0 Å².